The van der Waals surface area contributed by atoms with Gasteiger partial charge in [-0.3, -0.25) is 8.98 Å². The highest BCUT2D eigenvalue weighted by molar-refractivity contribution is 8.20. The molecule has 3 N–H and O–H groups in total. The zero-order valence-corrected chi connectivity index (χ0v) is 14.8. The molecule has 0 aliphatic carbocycles. The molecule has 6 nitrogen and oxygen atoms in total. The number of aryl methyl sites for hydroxylation is 1. The van der Waals surface area contributed by atoms with Crippen LogP contribution in [-0.2, 0) is 15.2 Å². The van der Waals surface area contributed by atoms with Crippen molar-refractivity contribution >= 4 is 22.5 Å². The van der Waals surface area contributed by atoms with Gasteiger partial charge in [-0.15, -0.1) is 0 Å². The number of anilines is 1. The number of hydrogen-bond donors (Lipinski definition) is 3. The first-order valence-corrected chi connectivity index (χ1v) is 8.90. The summed E-state index contributed by atoms with van der Waals surface area (Å²) in [5, 5.41) is 10.9. The van der Waals surface area contributed by atoms with Crippen LogP contribution in [0.4, 0.5) is 18.9 Å². The molecule has 0 saturated heterocycles. The lowest BCUT2D eigenvalue weighted by molar-refractivity contribution is -0.137. The highest BCUT2D eigenvalue weighted by atomic mass is 32.3. The zero-order chi connectivity index (χ0) is 20.2. The van der Waals surface area contributed by atoms with Crippen molar-refractivity contribution in [3.63, 3.8) is 0 Å². The Morgan fingerprint density at radius 3 is 2.41 bits per heavy atom. The van der Waals surface area contributed by atoms with E-state index in [1.165, 1.54) is 18.2 Å². The molecule has 144 valence electrons. The second kappa shape index (κ2) is 7.98. The molecule has 0 heterocycles. The molecule has 0 spiro atoms. The number of benzene rings is 2. The lowest BCUT2D eigenvalue weighted by atomic mass is 10.1. The summed E-state index contributed by atoms with van der Waals surface area (Å²) in [5.74, 6) is -0.889. The highest BCUT2D eigenvalue weighted by Gasteiger charge is 2.34. The third-order valence-corrected chi connectivity index (χ3v) is 4.74. The third kappa shape index (κ3) is 5.45. The van der Waals surface area contributed by atoms with Crippen LogP contribution >= 0.6 is 10.9 Å². The highest BCUT2D eigenvalue weighted by Crippen LogP contribution is 2.48. The Labute approximate surface area is 154 Å². The molecular formula is C17H15F3N2O4S. The zero-order valence-electron chi connectivity index (χ0n) is 13.9. The van der Waals surface area contributed by atoms with E-state index in [-0.39, 0.29) is 10.6 Å². The lowest BCUT2D eigenvalue weighted by Crippen LogP contribution is -2.20. The fourth-order valence-electron chi connectivity index (χ4n) is 2.07. The van der Waals surface area contributed by atoms with Crippen molar-refractivity contribution in [2.24, 2.45) is 0 Å². The molecule has 1 amide bonds. The van der Waals surface area contributed by atoms with Crippen molar-refractivity contribution in [3.8, 4) is 6.07 Å². The second-order valence-electron chi connectivity index (χ2n) is 5.49. The minimum atomic E-state index is -4.76. The predicted octanol–water partition coefficient (Wildman–Crippen LogP) is 4.57. The Kier molecular flexibility index (Phi) is 6.12. The largest absolute Gasteiger partial charge is 0.417 e. The molecule has 0 aliphatic heterocycles. The van der Waals surface area contributed by atoms with Gasteiger partial charge in [-0.05, 0) is 37.3 Å². The van der Waals surface area contributed by atoms with Crippen LogP contribution in [0.3, 0.4) is 0 Å². The van der Waals surface area contributed by atoms with Crippen molar-refractivity contribution in [2.45, 2.75) is 18.0 Å². The number of halogens is 3. The molecule has 0 aromatic heterocycles. The van der Waals surface area contributed by atoms with Crippen molar-refractivity contribution < 1.29 is 31.3 Å². The number of carbonyl (C=O) groups is 1. The Hall–Kier alpha value is -2.58. The monoisotopic (exact) mass is 400 g/mol. The Morgan fingerprint density at radius 2 is 1.85 bits per heavy atom. The van der Waals surface area contributed by atoms with Crippen LogP contribution in [0.1, 0.15) is 16.7 Å². The van der Waals surface area contributed by atoms with Gasteiger partial charge in [0, 0.05) is 5.69 Å². The maximum Gasteiger partial charge on any atom is 0.417 e. The Bertz CT molecular complexity index is 877. The van der Waals surface area contributed by atoms with Crippen molar-refractivity contribution in [1.29, 1.82) is 5.26 Å². The molecule has 0 aliphatic rings. The van der Waals surface area contributed by atoms with E-state index in [0.29, 0.717) is 6.07 Å². The SMILES string of the molecule is Cc1ccc(S(O)(O)OCC(=O)Nc2ccc(C#N)c(C(F)(F)F)c2)cc1. The summed E-state index contributed by atoms with van der Waals surface area (Å²) < 4.78 is 63.5. The number of carbonyl (C=O) groups excluding carboxylic acids is 1. The molecule has 0 saturated carbocycles. The van der Waals surface area contributed by atoms with Crippen molar-refractivity contribution in [3.05, 3.63) is 59.2 Å². The molecule has 0 bridgehead atoms. The van der Waals surface area contributed by atoms with Gasteiger partial charge in [0.2, 0.25) is 0 Å². The van der Waals surface area contributed by atoms with Gasteiger partial charge in [-0.1, -0.05) is 17.7 Å². The molecule has 2 aromatic carbocycles. The molecule has 10 heteroatoms. The van der Waals surface area contributed by atoms with E-state index >= 15 is 0 Å². The topological polar surface area (TPSA) is 103 Å². The van der Waals surface area contributed by atoms with Crippen LogP contribution in [-0.4, -0.2) is 21.6 Å². The van der Waals surface area contributed by atoms with E-state index < -0.39 is 40.7 Å². The first kappa shape index (κ1) is 20.7. The Morgan fingerprint density at radius 1 is 1.22 bits per heavy atom. The smallest absolute Gasteiger partial charge is 0.324 e. The first-order valence-electron chi connectivity index (χ1n) is 7.43. The van der Waals surface area contributed by atoms with Crippen LogP contribution in [0.5, 0.6) is 0 Å². The molecule has 2 rings (SSSR count). The number of nitrogens with zero attached hydrogens (tertiary/aromatic N) is 1. The first-order chi connectivity index (χ1) is 12.5. The van der Waals surface area contributed by atoms with E-state index in [2.05, 4.69) is 5.32 Å². The normalized spacial score (nSPS) is 12.3. The van der Waals surface area contributed by atoms with Crippen molar-refractivity contribution in [1.82, 2.24) is 0 Å². The van der Waals surface area contributed by atoms with Gasteiger partial charge in [0.1, 0.15) is 17.5 Å². The van der Waals surface area contributed by atoms with Gasteiger partial charge in [-0.25, -0.2) is 0 Å². The number of nitrogens with one attached hydrogen (secondary N) is 1. The summed E-state index contributed by atoms with van der Waals surface area (Å²) in [7, 11) is -3.69. The van der Waals surface area contributed by atoms with Gasteiger partial charge < -0.3 is 14.4 Å². The fraction of sp³-hybridized carbons (Fsp3) is 0.176. The average molecular weight is 400 g/mol. The summed E-state index contributed by atoms with van der Waals surface area (Å²) in [6.45, 7) is 1.01. The summed E-state index contributed by atoms with van der Waals surface area (Å²) in [6.07, 6.45) is -4.76. The number of alkyl halides is 3. The molecule has 0 fully saturated rings. The van der Waals surface area contributed by atoms with Gasteiger partial charge in [-0.2, -0.15) is 18.4 Å². The van der Waals surface area contributed by atoms with Crippen LogP contribution in [0.15, 0.2) is 47.4 Å². The van der Waals surface area contributed by atoms with Crippen molar-refractivity contribution in [2.75, 3.05) is 11.9 Å². The molecule has 27 heavy (non-hydrogen) atoms. The summed E-state index contributed by atoms with van der Waals surface area (Å²) in [4.78, 5) is 11.9. The summed E-state index contributed by atoms with van der Waals surface area (Å²) in [6, 6.07) is 10.2. The van der Waals surface area contributed by atoms with Crippen LogP contribution in [0.25, 0.3) is 0 Å². The number of hydrogen-bond acceptors (Lipinski definition) is 5. The van der Waals surface area contributed by atoms with E-state index in [1.807, 2.05) is 0 Å². The number of rotatable bonds is 5. The van der Waals surface area contributed by atoms with Gasteiger partial charge in [0.15, 0.2) is 0 Å². The minimum absolute atomic E-state index is 0.0682. The van der Waals surface area contributed by atoms with Crippen LogP contribution in [0.2, 0.25) is 0 Å². The fourth-order valence-corrected chi connectivity index (χ4v) is 2.97. The third-order valence-electron chi connectivity index (χ3n) is 3.41. The maximum atomic E-state index is 12.9. The predicted molar refractivity (Wildman–Crippen MR) is 93.0 cm³/mol. The van der Waals surface area contributed by atoms with Crippen LogP contribution < -0.4 is 5.32 Å². The number of nitriles is 1. The van der Waals surface area contributed by atoms with E-state index in [1.54, 1.807) is 19.1 Å². The van der Waals surface area contributed by atoms with E-state index in [0.717, 1.165) is 17.7 Å². The summed E-state index contributed by atoms with van der Waals surface area (Å²) in [5.41, 5.74) is -1.09. The molecule has 0 atom stereocenters. The van der Waals surface area contributed by atoms with E-state index in [4.69, 9.17) is 9.44 Å². The Balaban J connectivity index is 2.06. The van der Waals surface area contributed by atoms with Gasteiger partial charge in [0.25, 0.3) is 5.91 Å². The standard InChI is InChI=1S/C17H15F3N2O4S/c1-11-2-6-14(7-3-11)27(24,25)26-10-16(23)22-13-5-4-12(9-21)15(8-13)17(18,19)20/h2-8,24-25H,10H2,1H3,(H,22,23). The minimum Gasteiger partial charge on any atom is -0.324 e. The van der Waals surface area contributed by atoms with E-state index in [9.17, 15) is 27.1 Å². The average Bonchev–Trinajstić information content (AvgIpc) is 2.60. The molecule has 0 unspecified atom stereocenters. The number of amides is 1. The molecule has 0 radical (unpaired) electrons. The van der Waals surface area contributed by atoms with Gasteiger partial charge >= 0.3 is 6.18 Å². The van der Waals surface area contributed by atoms with Crippen LogP contribution in [0, 0.1) is 18.3 Å². The maximum absolute atomic E-state index is 12.9. The molecular weight excluding hydrogens is 385 g/mol. The van der Waals surface area contributed by atoms with Gasteiger partial charge in [0.05, 0.1) is 22.1 Å². The lowest BCUT2D eigenvalue weighted by Gasteiger charge is -2.26. The second-order valence-corrected chi connectivity index (χ2v) is 7.19. The molecule has 2 aromatic rings. The summed E-state index contributed by atoms with van der Waals surface area (Å²) >= 11 is 0. The quantitative estimate of drug-likeness (QED) is 0.683.